The summed E-state index contributed by atoms with van der Waals surface area (Å²) in [6.45, 7) is 1.96. The molecule has 38 heavy (non-hydrogen) atoms. The highest BCUT2D eigenvalue weighted by Crippen LogP contribution is 2.35. The van der Waals surface area contributed by atoms with E-state index >= 15 is 0 Å². The topological polar surface area (TPSA) is 94.2 Å². The second-order valence-corrected chi connectivity index (χ2v) is 9.75. The molecule has 3 aromatic rings. The number of nitrogens with zero attached hydrogens (tertiary/aromatic N) is 1. The first-order chi connectivity index (χ1) is 18.3. The number of amides is 3. The summed E-state index contributed by atoms with van der Waals surface area (Å²) in [6.07, 6.45) is 1.58. The Labute approximate surface area is 229 Å². The van der Waals surface area contributed by atoms with Crippen LogP contribution in [0.15, 0.2) is 65.6 Å². The number of thioether (sulfide) groups is 1. The zero-order valence-electron chi connectivity index (χ0n) is 20.9. The number of ether oxygens (including phenoxy) is 3. The molecule has 3 amide bonds. The van der Waals surface area contributed by atoms with Crippen LogP contribution in [-0.2, 0) is 16.2 Å². The number of hydrogen-bond donors (Lipinski definition) is 1. The van der Waals surface area contributed by atoms with Crippen molar-refractivity contribution in [2.24, 2.45) is 0 Å². The lowest BCUT2D eigenvalue weighted by Gasteiger charge is -2.13. The van der Waals surface area contributed by atoms with E-state index in [-0.39, 0.29) is 4.91 Å². The summed E-state index contributed by atoms with van der Waals surface area (Å²) in [6, 6.07) is 18.0. The zero-order chi connectivity index (χ0) is 27.2. The van der Waals surface area contributed by atoms with Gasteiger partial charge in [-0.1, -0.05) is 47.5 Å². The molecule has 0 atom stereocenters. The summed E-state index contributed by atoms with van der Waals surface area (Å²) in [4.78, 5) is 39.0. The van der Waals surface area contributed by atoms with Gasteiger partial charge in [0, 0.05) is 5.69 Å². The van der Waals surface area contributed by atoms with E-state index in [9.17, 15) is 14.4 Å². The van der Waals surface area contributed by atoms with Crippen molar-refractivity contribution in [3.63, 3.8) is 0 Å². The van der Waals surface area contributed by atoms with Crippen LogP contribution in [0.5, 0.6) is 17.2 Å². The highest BCUT2D eigenvalue weighted by molar-refractivity contribution is 8.18. The van der Waals surface area contributed by atoms with Gasteiger partial charge in [0.2, 0.25) is 5.91 Å². The molecule has 0 unspecified atom stereocenters. The third-order valence-electron chi connectivity index (χ3n) is 5.57. The van der Waals surface area contributed by atoms with Gasteiger partial charge in [0.1, 0.15) is 18.9 Å². The number of carbonyl (C=O) groups is 3. The van der Waals surface area contributed by atoms with Crippen molar-refractivity contribution in [2.45, 2.75) is 13.5 Å². The predicted molar refractivity (Wildman–Crippen MR) is 148 cm³/mol. The average molecular weight is 553 g/mol. The van der Waals surface area contributed by atoms with Crippen molar-refractivity contribution in [1.29, 1.82) is 0 Å². The summed E-state index contributed by atoms with van der Waals surface area (Å²) in [5.74, 6) is 0.411. The van der Waals surface area contributed by atoms with E-state index < -0.39 is 23.6 Å². The number of carbonyl (C=O) groups excluding carboxylic acids is 3. The summed E-state index contributed by atoms with van der Waals surface area (Å²) >= 11 is 6.85. The van der Waals surface area contributed by atoms with E-state index in [4.69, 9.17) is 25.8 Å². The number of methoxy groups -OCH3 is 2. The molecule has 1 aliphatic rings. The maximum atomic E-state index is 12.9. The second kappa shape index (κ2) is 12.1. The summed E-state index contributed by atoms with van der Waals surface area (Å²) in [7, 11) is 3.01. The molecule has 0 spiro atoms. The molecule has 1 fully saturated rings. The van der Waals surface area contributed by atoms with Crippen molar-refractivity contribution in [3.8, 4) is 17.2 Å². The Morgan fingerprint density at radius 3 is 2.47 bits per heavy atom. The van der Waals surface area contributed by atoms with Gasteiger partial charge in [-0.05, 0) is 66.2 Å². The fourth-order valence-electron chi connectivity index (χ4n) is 3.73. The molecular weight excluding hydrogens is 528 g/mol. The normalized spacial score (nSPS) is 14.1. The standard InChI is InChI=1S/C28H25ClN2O6S/c1-17-5-4-6-19(11-17)16-37-23-9-7-18(12-24(23)36-3)13-25-27(33)31(28(34)38-25)15-26(32)30-20-8-10-22(35-2)21(29)14-20/h4-14H,15-16H2,1-3H3,(H,30,32)/b25-13-. The SMILES string of the molecule is COc1ccc(NC(=O)CN2C(=O)S/C(=C\c3ccc(OCc4cccc(C)c4)c(OC)c3)C2=O)cc1Cl. The molecule has 4 rings (SSSR count). The van der Waals surface area contributed by atoms with Crippen LogP contribution in [0.25, 0.3) is 6.08 Å². The lowest BCUT2D eigenvalue weighted by Crippen LogP contribution is -2.36. The molecule has 1 heterocycles. The first-order valence-electron chi connectivity index (χ1n) is 11.5. The van der Waals surface area contributed by atoms with Crippen molar-refractivity contribution in [3.05, 3.63) is 87.3 Å². The molecule has 3 aromatic carbocycles. The van der Waals surface area contributed by atoms with Crippen LogP contribution in [0.1, 0.15) is 16.7 Å². The first-order valence-corrected chi connectivity index (χ1v) is 12.7. The minimum Gasteiger partial charge on any atom is -0.495 e. The molecular formula is C28H25ClN2O6S. The Morgan fingerprint density at radius 1 is 1.00 bits per heavy atom. The molecule has 196 valence electrons. The minimum atomic E-state index is -0.554. The molecule has 1 N–H and O–H groups in total. The van der Waals surface area contributed by atoms with Crippen molar-refractivity contribution in [1.82, 2.24) is 4.90 Å². The van der Waals surface area contributed by atoms with Crippen LogP contribution in [-0.4, -0.2) is 42.7 Å². The average Bonchev–Trinajstić information content (AvgIpc) is 3.15. The molecule has 1 aliphatic heterocycles. The van der Waals surface area contributed by atoms with Crippen molar-refractivity contribution >= 4 is 52.2 Å². The van der Waals surface area contributed by atoms with Crippen LogP contribution in [0, 0.1) is 6.92 Å². The van der Waals surface area contributed by atoms with Crippen LogP contribution >= 0.6 is 23.4 Å². The van der Waals surface area contributed by atoms with E-state index in [1.54, 1.807) is 36.4 Å². The van der Waals surface area contributed by atoms with Gasteiger partial charge in [-0.2, -0.15) is 0 Å². The molecule has 0 aromatic heterocycles. The van der Waals surface area contributed by atoms with E-state index in [1.165, 1.54) is 20.3 Å². The molecule has 0 aliphatic carbocycles. The number of anilines is 1. The quantitative estimate of drug-likeness (QED) is 0.329. The number of rotatable bonds is 9. The van der Waals surface area contributed by atoms with Crippen molar-refractivity contribution < 1.29 is 28.6 Å². The third-order valence-corrected chi connectivity index (χ3v) is 6.78. The van der Waals surface area contributed by atoms with Crippen LogP contribution < -0.4 is 19.5 Å². The summed E-state index contributed by atoms with van der Waals surface area (Å²) in [5.41, 5.74) is 3.24. The summed E-state index contributed by atoms with van der Waals surface area (Å²) in [5, 5.41) is 2.42. The minimum absolute atomic E-state index is 0.200. The predicted octanol–water partition coefficient (Wildman–Crippen LogP) is 5.92. The molecule has 0 radical (unpaired) electrons. The van der Waals surface area contributed by atoms with Gasteiger partial charge in [-0.3, -0.25) is 19.3 Å². The van der Waals surface area contributed by atoms with Gasteiger partial charge in [0.05, 0.1) is 24.1 Å². The van der Waals surface area contributed by atoms with Gasteiger partial charge in [0.25, 0.3) is 11.1 Å². The Balaban J connectivity index is 1.42. The maximum Gasteiger partial charge on any atom is 0.294 e. The number of benzene rings is 3. The van der Waals surface area contributed by atoms with E-state index in [0.29, 0.717) is 40.1 Å². The fraction of sp³-hybridized carbons (Fsp3) is 0.179. The maximum absolute atomic E-state index is 12.9. The highest BCUT2D eigenvalue weighted by atomic mass is 35.5. The Hall–Kier alpha value is -3.95. The van der Waals surface area contributed by atoms with Gasteiger partial charge >= 0.3 is 0 Å². The highest BCUT2D eigenvalue weighted by Gasteiger charge is 2.36. The molecule has 0 saturated carbocycles. The molecule has 10 heteroatoms. The van der Waals surface area contributed by atoms with Gasteiger partial charge in [-0.25, -0.2) is 0 Å². The van der Waals surface area contributed by atoms with E-state index in [2.05, 4.69) is 5.32 Å². The fourth-order valence-corrected chi connectivity index (χ4v) is 4.83. The van der Waals surface area contributed by atoms with E-state index in [0.717, 1.165) is 27.8 Å². The Kier molecular flexibility index (Phi) is 8.60. The lowest BCUT2D eigenvalue weighted by atomic mass is 10.1. The Bertz CT molecular complexity index is 1420. The molecule has 8 nitrogen and oxygen atoms in total. The number of halogens is 1. The molecule has 0 bridgehead atoms. The number of aryl methyl sites for hydroxylation is 1. The number of hydrogen-bond acceptors (Lipinski definition) is 7. The Morgan fingerprint density at radius 2 is 1.76 bits per heavy atom. The van der Waals surface area contributed by atoms with Crippen LogP contribution in [0.4, 0.5) is 10.5 Å². The molecule has 1 saturated heterocycles. The van der Waals surface area contributed by atoms with Crippen LogP contribution in [0.2, 0.25) is 5.02 Å². The smallest absolute Gasteiger partial charge is 0.294 e. The second-order valence-electron chi connectivity index (χ2n) is 8.35. The van der Waals surface area contributed by atoms with Gasteiger partial charge < -0.3 is 19.5 Å². The van der Waals surface area contributed by atoms with E-state index in [1.807, 2.05) is 31.2 Å². The first kappa shape index (κ1) is 27.1. The third kappa shape index (κ3) is 6.48. The van der Waals surface area contributed by atoms with Gasteiger partial charge in [-0.15, -0.1) is 0 Å². The van der Waals surface area contributed by atoms with Crippen LogP contribution in [0.3, 0.4) is 0 Å². The zero-order valence-corrected chi connectivity index (χ0v) is 22.5. The summed E-state index contributed by atoms with van der Waals surface area (Å²) < 4.78 is 16.5. The number of imide groups is 1. The van der Waals surface area contributed by atoms with Crippen molar-refractivity contribution in [2.75, 3.05) is 26.1 Å². The number of nitrogens with one attached hydrogen (secondary N) is 1. The largest absolute Gasteiger partial charge is 0.495 e. The lowest BCUT2D eigenvalue weighted by molar-refractivity contribution is -0.127. The monoisotopic (exact) mass is 552 g/mol. The van der Waals surface area contributed by atoms with Gasteiger partial charge in [0.15, 0.2) is 11.5 Å².